The highest BCUT2D eigenvalue weighted by molar-refractivity contribution is 6.37. The van der Waals surface area contributed by atoms with Crippen LogP contribution in [0.15, 0.2) is 0 Å². The molecule has 0 amide bonds. The molecular weight excluding hydrogens is 156 g/mol. The highest BCUT2D eigenvalue weighted by Crippen LogP contribution is 1.99. The predicted octanol–water partition coefficient (Wildman–Crippen LogP) is 1.29. The quantitative estimate of drug-likeness (QED) is 0.564. The molecule has 0 spiro atoms. The Balaban J connectivity index is 3.58. The van der Waals surface area contributed by atoms with Gasteiger partial charge in [-0.05, 0) is 13.3 Å². The Morgan fingerprint density at radius 1 is 1.00 bits per heavy atom. The van der Waals surface area contributed by atoms with Crippen molar-refractivity contribution in [1.29, 1.82) is 0 Å². The summed E-state index contributed by atoms with van der Waals surface area (Å²) in [5, 5.41) is 0. The van der Waals surface area contributed by atoms with Gasteiger partial charge in [-0.3, -0.25) is 9.59 Å². The van der Waals surface area contributed by atoms with Crippen molar-refractivity contribution in [3.8, 4) is 0 Å². The average Bonchev–Trinajstić information content (AvgIpc) is 2.02. The summed E-state index contributed by atoms with van der Waals surface area (Å²) in [4.78, 5) is 32.1. The first-order valence-corrected chi connectivity index (χ1v) is 4.13. The van der Waals surface area contributed by atoms with Crippen LogP contribution in [-0.4, -0.2) is 17.3 Å². The molecule has 0 radical (unpaired) electrons. The van der Waals surface area contributed by atoms with Crippen molar-refractivity contribution >= 4 is 17.3 Å². The molecule has 0 heterocycles. The first kappa shape index (κ1) is 11.0. The lowest BCUT2D eigenvalue weighted by atomic mass is 10.1. The maximum absolute atomic E-state index is 10.9. The molecule has 0 aliphatic rings. The summed E-state index contributed by atoms with van der Waals surface area (Å²) in [6, 6.07) is 0. The molecule has 0 aromatic heterocycles. The fourth-order valence-corrected chi connectivity index (χ4v) is 0.834. The lowest BCUT2D eigenvalue weighted by Gasteiger charge is -1.95. The molecule has 3 heteroatoms. The number of rotatable bonds is 6. The standard InChI is InChI=1S/C9H14O3/c1-3-8(11)9(12)6-4-5-7(2)10/h3-6H2,1-2H3. The second-order valence-corrected chi connectivity index (χ2v) is 2.76. The van der Waals surface area contributed by atoms with Crippen LogP contribution in [0.1, 0.15) is 39.5 Å². The molecule has 0 bridgehead atoms. The first-order chi connectivity index (χ1) is 5.57. The van der Waals surface area contributed by atoms with E-state index in [1.54, 1.807) is 6.92 Å². The average molecular weight is 170 g/mol. The highest BCUT2D eigenvalue weighted by atomic mass is 16.2. The summed E-state index contributed by atoms with van der Waals surface area (Å²) in [7, 11) is 0. The van der Waals surface area contributed by atoms with Gasteiger partial charge in [0.15, 0.2) is 11.6 Å². The molecule has 0 N–H and O–H groups in total. The molecule has 0 aromatic carbocycles. The molecule has 0 aliphatic carbocycles. The van der Waals surface area contributed by atoms with Crippen LogP contribution in [0.5, 0.6) is 0 Å². The highest BCUT2D eigenvalue weighted by Gasteiger charge is 2.10. The third-order valence-corrected chi connectivity index (χ3v) is 1.56. The third-order valence-electron chi connectivity index (χ3n) is 1.56. The maximum Gasteiger partial charge on any atom is 0.198 e. The fraction of sp³-hybridized carbons (Fsp3) is 0.667. The summed E-state index contributed by atoms with van der Waals surface area (Å²) >= 11 is 0. The number of carbonyl (C=O) groups is 3. The zero-order valence-corrected chi connectivity index (χ0v) is 7.55. The van der Waals surface area contributed by atoms with Gasteiger partial charge in [0.05, 0.1) is 0 Å². The van der Waals surface area contributed by atoms with Crippen molar-refractivity contribution in [1.82, 2.24) is 0 Å². The minimum absolute atomic E-state index is 0.0618. The number of hydrogen-bond donors (Lipinski definition) is 0. The SMILES string of the molecule is CCC(=O)C(=O)CCCC(C)=O. The van der Waals surface area contributed by atoms with E-state index in [-0.39, 0.29) is 30.2 Å². The Kier molecular flexibility index (Phi) is 5.17. The molecule has 0 atom stereocenters. The number of Topliss-reactive ketones (excluding diaryl/α,β-unsaturated/α-hetero) is 3. The van der Waals surface area contributed by atoms with Crippen LogP contribution in [0, 0.1) is 0 Å². The van der Waals surface area contributed by atoms with E-state index in [1.165, 1.54) is 6.92 Å². The van der Waals surface area contributed by atoms with Gasteiger partial charge in [0.2, 0.25) is 0 Å². The maximum atomic E-state index is 10.9. The Morgan fingerprint density at radius 2 is 1.58 bits per heavy atom. The topological polar surface area (TPSA) is 51.2 Å². The Bertz CT molecular complexity index is 194. The monoisotopic (exact) mass is 170 g/mol. The van der Waals surface area contributed by atoms with Gasteiger partial charge < -0.3 is 4.79 Å². The van der Waals surface area contributed by atoms with Crippen molar-refractivity contribution in [2.75, 3.05) is 0 Å². The van der Waals surface area contributed by atoms with Crippen molar-refractivity contribution in [3.05, 3.63) is 0 Å². The molecule has 0 aliphatic heterocycles. The van der Waals surface area contributed by atoms with E-state index in [1.807, 2.05) is 0 Å². The summed E-state index contributed by atoms with van der Waals surface area (Å²) < 4.78 is 0. The predicted molar refractivity (Wildman–Crippen MR) is 44.8 cm³/mol. The van der Waals surface area contributed by atoms with E-state index in [9.17, 15) is 14.4 Å². The Morgan fingerprint density at radius 3 is 2.00 bits per heavy atom. The van der Waals surface area contributed by atoms with E-state index in [0.717, 1.165) is 0 Å². The van der Waals surface area contributed by atoms with E-state index in [2.05, 4.69) is 0 Å². The second kappa shape index (κ2) is 5.63. The van der Waals surface area contributed by atoms with Gasteiger partial charge in [-0.25, -0.2) is 0 Å². The lowest BCUT2D eigenvalue weighted by molar-refractivity contribution is -0.136. The van der Waals surface area contributed by atoms with Crippen LogP contribution >= 0.6 is 0 Å². The summed E-state index contributed by atoms with van der Waals surface area (Å²) in [6.45, 7) is 3.14. The fourth-order valence-electron chi connectivity index (χ4n) is 0.834. The van der Waals surface area contributed by atoms with Crippen LogP contribution in [0.25, 0.3) is 0 Å². The molecule has 12 heavy (non-hydrogen) atoms. The Hall–Kier alpha value is -0.990. The van der Waals surface area contributed by atoms with Crippen molar-refractivity contribution in [2.45, 2.75) is 39.5 Å². The summed E-state index contributed by atoms with van der Waals surface area (Å²) in [6.07, 6.45) is 1.37. The molecule has 0 unspecified atom stereocenters. The van der Waals surface area contributed by atoms with E-state index in [0.29, 0.717) is 12.8 Å². The normalized spacial score (nSPS) is 9.50. The van der Waals surface area contributed by atoms with Gasteiger partial charge >= 0.3 is 0 Å². The lowest BCUT2D eigenvalue weighted by Crippen LogP contribution is -2.12. The van der Waals surface area contributed by atoms with E-state index in [4.69, 9.17) is 0 Å². The van der Waals surface area contributed by atoms with Crippen LogP contribution in [0.2, 0.25) is 0 Å². The van der Waals surface area contributed by atoms with Crippen molar-refractivity contribution in [3.63, 3.8) is 0 Å². The molecular formula is C9H14O3. The largest absolute Gasteiger partial charge is 0.300 e. The second-order valence-electron chi connectivity index (χ2n) is 2.76. The third kappa shape index (κ3) is 4.77. The van der Waals surface area contributed by atoms with Crippen LogP contribution in [-0.2, 0) is 14.4 Å². The summed E-state index contributed by atoms with van der Waals surface area (Å²) in [5.74, 6) is -0.621. The first-order valence-electron chi connectivity index (χ1n) is 4.13. The van der Waals surface area contributed by atoms with Gasteiger partial charge in [-0.2, -0.15) is 0 Å². The van der Waals surface area contributed by atoms with Gasteiger partial charge in [-0.15, -0.1) is 0 Å². The zero-order valence-electron chi connectivity index (χ0n) is 7.55. The van der Waals surface area contributed by atoms with Crippen molar-refractivity contribution in [2.24, 2.45) is 0 Å². The van der Waals surface area contributed by atoms with Crippen LogP contribution in [0.3, 0.4) is 0 Å². The minimum Gasteiger partial charge on any atom is -0.300 e. The zero-order chi connectivity index (χ0) is 9.56. The van der Waals surface area contributed by atoms with Gasteiger partial charge in [0, 0.05) is 19.3 Å². The molecule has 3 nitrogen and oxygen atoms in total. The molecule has 68 valence electrons. The van der Waals surface area contributed by atoms with Crippen molar-refractivity contribution < 1.29 is 14.4 Å². The van der Waals surface area contributed by atoms with E-state index >= 15 is 0 Å². The van der Waals surface area contributed by atoms with E-state index < -0.39 is 0 Å². The number of ketones is 3. The molecule has 0 saturated heterocycles. The molecule has 0 fully saturated rings. The Labute approximate surface area is 72.1 Å². The minimum atomic E-state index is -0.348. The molecule has 0 rings (SSSR count). The van der Waals surface area contributed by atoms with Gasteiger partial charge in [0.1, 0.15) is 5.78 Å². The van der Waals surface area contributed by atoms with Crippen LogP contribution in [0.4, 0.5) is 0 Å². The molecule has 0 aromatic rings. The van der Waals surface area contributed by atoms with Gasteiger partial charge in [0.25, 0.3) is 0 Å². The van der Waals surface area contributed by atoms with Crippen LogP contribution < -0.4 is 0 Å². The number of carbonyl (C=O) groups excluding carboxylic acids is 3. The number of hydrogen-bond acceptors (Lipinski definition) is 3. The summed E-state index contributed by atoms with van der Waals surface area (Å²) in [5.41, 5.74) is 0. The molecule has 0 saturated carbocycles. The van der Waals surface area contributed by atoms with Gasteiger partial charge in [-0.1, -0.05) is 6.92 Å². The smallest absolute Gasteiger partial charge is 0.198 e.